The molecule has 2 heterocycles. The van der Waals surface area contributed by atoms with Gasteiger partial charge >= 0.3 is 18.3 Å². The highest BCUT2D eigenvalue weighted by Gasteiger charge is 2.39. The van der Waals surface area contributed by atoms with Crippen LogP contribution in [0.2, 0.25) is 0 Å². The number of ether oxygens (including phenoxy) is 3. The number of halogens is 6. The molecule has 0 fully saturated rings. The summed E-state index contributed by atoms with van der Waals surface area (Å²) in [6.07, 6.45) is -8.94. The van der Waals surface area contributed by atoms with Crippen molar-refractivity contribution in [3.05, 3.63) is 82.7 Å². The number of methoxy groups -OCH3 is 1. The Kier molecular flexibility index (Phi) is 7.29. The Morgan fingerprint density at radius 3 is 2.34 bits per heavy atom. The van der Waals surface area contributed by atoms with Gasteiger partial charge in [0.1, 0.15) is 17.6 Å². The van der Waals surface area contributed by atoms with Crippen LogP contribution in [0.4, 0.5) is 26.3 Å². The van der Waals surface area contributed by atoms with Crippen LogP contribution in [0.3, 0.4) is 0 Å². The summed E-state index contributed by atoms with van der Waals surface area (Å²) in [4.78, 5) is 15.3. The average Bonchev–Trinajstić information content (AvgIpc) is 3.69. The van der Waals surface area contributed by atoms with E-state index in [1.807, 2.05) is 6.07 Å². The SMILES string of the molecule is COC(=O)C[C@@H]1COc2cc(O[C@@H]3CCc4c3ccc(C(F)(F)F)c4-c3ccc(-c4nc(C(F)(F)F)n(C)n4)cc3)ccc21. The molecule has 13 heteroatoms. The number of carbonyl (C=O) groups excluding carboxylic acids is 1. The van der Waals surface area contributed by atoms with Crippen molar-refractivity contribution in [3.63, 3.8) is 0 Å². The van der Waals surface area contributed by atoms with Crippen LogP contribution in [0.15, 0.2) is 54.6 Å². The highest BCUT2D eigenvalue weighted by molar-refractivity contribution is 5.76. The summed E-state index contributed by atoms with van der Waals surface area (Å²) in [5, 5.41) is 3.82. The van der Waals surface area contributed by atoms with Gasteiger partial charge < -0.3 is 14.2 Å². The summed E-state index contributed by atoms with van der Waals surface area (Å²) < 4.78 is 99.5. The highest BCUT2D eigenvalue weighted by Crippen LogP contribution is 2.47. The first-order chi connectivity index (χ1) is 20.8. The highest BCUT2D eigenvalue weighted by atomic mass is 19.4. The third kappa shape index (κ3) is 5.46. The Bertz CT molecular complexity index is 1730. The molecule has 0 bridgehead atoms. The summed E-state index contributed by atoms with van der Waals surface area (Å²) in [5.74, 6) is -0.807. The minimum atomic E-state index is -4.70. The number of aryl methyl sites for hydroxylation is 1. The number of rotatable bonds is 6. The first kappa shape index (κ1) is 29.5. The van der Waals surface area contributed by atoms with Crippen molar-refractivity contribution in [3.8, 4) is 34.0 Å². The monoisotopic (exact) mass is 617 g/mol. The summed E-state index contributed by atoms with van der Waals surface area (Å²) in [5.41, 5.74) is 1.63. The van der Waals surface area contributed by atoms with Crippen molar-refractivity contribution >= 4 is 5.97 Å². The predicted octanol–water partition coefficient (Wildman–Crippen LogP) is 7.29. The zero-order valence-electron chi connectivity index (χ0n) is 23.4. The molecule has 0 saturated carbocycles. The second kappa shape index (κ2) is 10.9. The van der Waals surface area contributed by atoms with Gasteiger partial charge in [0.25, 0.3) is 0 Å². The van der Waals surface area contributed by atoms with E-state index < -0.39 is 29.8 Å². The van der Waals surface area contributed by atoms with Gasteiger partial charge in [-0.15, -0.1) is 0 Å². The van der Waals surface area contributed by atoms with E-state index in [0.717, 1.165) is 18.7 Å². The maximum atomic E-state index is 14.2. The van der Waals surface area contributed by atoms with E-state index in [1.165, 1.54) is 37.4 Å². The molecule has 0 radical (unpaired) electrons. The first-order valence-corrected chi connectivity index (χ1v) is 13.7. The number of benzene rings is 3. The van der Waals surface area contributed by atoms with Gasteiger partial charge in [-0.2, -0.15) is 31.4 Å². The largest absolute Gasteiger partial charge is 0.492 e. The molecule has 2 aliphatic rings. The minimum Gasteiger partial charge on any atom is -0.492 e. The second-order valence-electron chi connectivity index (χ2n) is 10.6. The maximum Gasteiger partial charge on any atom is 0.451 e. The van der Waals surface area contributed by atoms with Crippen LogP contribution in [0.25, 0.3) is 22.5 Å². The Hall–Kier alpha value is -4.55. The van der Waals surface area contributed by atoms with Crippen LogP contribution in [-0.4, -0.2) is 34.5 Å². The number of hydrogen-bond acceptors (Lipinski definition) is 6. The van der Waals surface area contributed by atoms with E-state index >= 15 is 0 Å². The number of fused-ring (bicyclic) bond motifs is 2. The van der Waals surface area contributed by atoms with Gasteiger partial charge in [0.05, 0.1) is 25.7 Å². The molecular formula is C31H25F6N3O4. The predicted molar refractivity (Wildman–Crippen MR) is 145 cm³/mol. The summed E-state index contributed by atoms with van der Waals surface area (Å²) in [7, 11) is 2.44. The lowest BCUT2D eigenvalue weighted by Gasteiger charge is -2.20. The van der Waals surface area contributed by atoms with Crippen LogP contribution in [-0.2, 0) is 35.4 Å². The lowest BCUT2D eigenvalue weighted by molar-refractivity contribution is -0.147. The fourth-order valence-corrected chi connectivity index (χ4v) is 5.84. The third-order valence-electron chi connectivity index (χ3n) is 7.89. The fraction of sp³-hybridized carbons (Fsp3) is 0.323. The lowest BCUT2D eigenvalue weighted by atomic mass is 9.91. The fourth-order valence-electron chi connectivity index (χ4n) is 5.84. The Labute approximate surface area is 247 Å². The number of nitrogens with zero attached hydrogens (tertiary/aromatic N) is 3. The van der Waals surface area contributed by atoms with Crippen LogP contribution < -0.4 is 9.47 Å². The van der Waals surface area contributed by atoms with Crippen molar-refractivity contribution in [2.45, 2.75) is 43.6 Å². The van der Waals surface area contributed by atoms with E-state index in [2.05, 4.69) is 10.1 Å². The minimum absolute atomic E-state index is 0.000509. The van der Waals surface area contributed by atoms with Crippen LogP contribution in [0.5, 0.6) is 11.5 Å². The van der Waals surface area contributed by atoms with Gasteiger partial charge in [-0.3, -0.25) is 4.79 Å². The van der Waals surface area contributed by atoms with Crippen molar-refractivity contribution in [2.24, 2.45) is 7.05 Å². The van der Waals surface area contributed by atoms with Crippen molar-refractivity contribution < 1.29 is 45.3 Å². The van der Waals surface area contributed by atoms with Crippen LogP contribution >= 0.6 is 0 Å². The molecule has 230 valence electrons. The van der Waals surface area contributed by atoms with Gasteiger partial charge in [0.15, 0.2) is 5.82 Å². The summed E-state index contributed by atoms with van der Waals surface area (Å²) in [6.45, 7) is 0.322. The maximum absolute atomic E-state index is 14.2. The molecule has 4 aromatic rings. The van der Waals surface area contributed by atoms with Gasteiger partial charge in [-0.05, 0) is 47.2 Å². The lowest BCUT2D eigenvalue weighted by Crippen LogP contribution is -2.13. The molecule has 1 aliphatic heterocycles. The first-order valence-electron chi connectivity index (χ1n) is 13.7. The Balaban J connectivity index is 1.30. The number of aromatic nitrogens is 3. The number of carbonyl (C=O) groups is 1. The van der Waals surface area contributed by atoms with Crippen molar-refractivity contribution in [1.29, 1.82) is 0 Å². The topological polar surface area (TPSA) is 75.5 Å². The van der Waals surface area contributed by atoms with Gasteiger partial charge in [0.2, 0.25) is 5.82 Å². The quantitative estimate of drug-likeness (QED) is 0.167. The Morgan fingerprint density at radius 1 is 0.977 bits per heavy atom. The molecule has 7 nitrogen and oxygen atoms in total. The van der Waals surface area contributed by atoms with E-state index in [0.29, 0.717) is 46.8 Å². The number of esters is 1. The molecular weight excluding hydrogens is 592 g/mol. The van der Waals surface area contributed by atoms with E-state index in [-0.39, 0.29) is 40.8 Å². The zero-order chi connectivity index (χ0) is 31.4. The molecule has 1 aromatic heterocycles. The molecule has 0 N–H and O–H groups in total. The van der Waals surface area contributed by atoms with Gasteiger partial charge in [-0.25, -0.2) is 9.67 Å². The van der Waals surface area contributed by atoms with Crippen LogP contribution in [0.1, 0.15) is 52.9 Å². The Morgan fingerprint density at radius 2 is 1.68 bits per heavy atom. The van der Waals surface area contributed by atoms with Crippen LogP contribution in [0, 0.1) is 0 Å². The number of alkyl halides is 6. The molecule has 2 atom stereocenters. The molecule has 3 aromatic carbocycles. The average molecular weight is 618 g/mol. The molecule has 0 amide bonds. The van der Waals surface area contributed by atoms with Gasteiger partial charge in [-0.1, -0.05) is 36.4 Å². The van der Waals surface area contributed by atoms with Gasteiger partial charge in [0, 0.05) is 30.2 Å². The standard InChI is InChI=1S/C31H25F6N3O4/c1-40-29(31(35,36)37)38-28(39-40)17-5-3-16(4-6-17)27-22-10-12-24(21(22)9-11-23(27)30(32,33)34)44-19-7-8-20-18(13-26(41)42-2)15-43-25(20)14-19/h3-9,11,14,18,24H,10,12-13,15H2,1-2H3/t18-,24-/m1/s1. The van der Waals surface area contributed by atoms with Crippen molar-refractivity contribution in [1.82, 2.24) is 14.8 Å². The molecule has 6 rings (SSSR count). The third-order valence-corrected chi connectivity index (χ3v) is 7.89. The second-order valence-corrected chi connectivity index (χ2v) is 10.6. The van der Waals surface area contributed by atoms with E-state index in [4.69, 9.17) is 14.2 Å². The molecule has 1 aliphatic carbocycles. The number of hydrogen-bond donors (Lipinski definition) is 0. The summed E-state index contributed by atoms with van der Waals surface area (Å²) in [6, 6.07) is 13.4. The molecule has 0 spiro atoms. The molecule has 0 saturated heterocycles. The smallest absolute Gasteiger partial charge is 0.451 e. The van der Waals surface area contributed by atoms with E-state index in [9.17, 15) is 31.1 Å². The molecule has 44 heavy (non-hydrogen) atoms. The zero-order valence-corrected chi connectivity index (χ0v) is 23.4. The summed E-state index contributed by atoms with van der Waals surface area (Å²) >= 11 is 0. The van der Waals surface area contributed by atoms with E-state index in [1.54, 1.807) is 12.1 Å². The normalized spacial score (nSPS) is 17.6. The van der Waals surface area contributed by atoms with Crippen molar-refractivity contribution in [2.75, 3.05) is 13.7 Å². The molecule has 0 unspecified atom stereocenters.